The standard InChI is InChI=1S/C18H23N5O2/c1-21-17(24)9-16(22-8-4-7-15(20)12-22)23(18(21)25)11-14-6-3-2-5-13(14)10-19/h2-3,5-6,9,15,18,25H,4,7-8,11-12,20H2,1H3/t15-,18?/m1/s1. The molecule has 25 heavy (non-hydrogen) atoms. The van der Waals surface area contributed by atoms with Gasteiger partial charge in [-0.2, -0.15) is 5.26 Å². The second-order valence-electron chi connectivity index (χ2n) is 6.54. The first kappa shape index (κ1) is 17.3. The molecule has 0 radical (unpaired) electrons. The number of nitriles is 1. The molecule has 1 saturated heterocycles. The Morgan fingerprint density at radius 2 is 2.16 bits per heavy atom. The van der Waals surface area contributed by atoms with Crippen molar-refractivity contribution in [2.75, 3.05) is 20.1 Å². The zero-order valence-corrected chi connectivity index (χ0v) is 14.3. The number of aliphatic hydroxyl groups is 1. The highest BCUT2D eigenvalue weighted by atomic mass is 16.3. The average Bonchev–Trinajstić information content (AvgIpc) is 2.62. The number of hydrogen-bond acceptors (Lipinski definition) is 6. The molecule has 2 atom stereocenters. The summed E-state index contributed by atoms with van der Waals surface area (Å²) in [6.07, 6.45) is 2.36. The van der Waals surface area contributed by atoms with Gasteiger partial charge in [0.25, 0.3) is 5.91 Å². The molecule has 2 heterocycles. The van der Waals surface area contributed by atoms with Crippen molar-refractivity contribution >= 4 is 5.91 Å². The van der Waals surface area contributed by atoms with E-state index in [1.54, 1.807) is 24.1 Å². The summed E-state index contributed by atoms with van der Waals surface area (Å²) >= 11 is 0. The van der Waals surface area contributed by atoms with Crippen molar-refractivity contribution in [3.05, 3.63) is 47.3 Å². The molecule has 1 aromatic rings. The smallest absolute Gasteiger partial charge is 0.253 e. The minimum atomic E-state index is -1.09. The van der Waals surface area contributed by atoms with Gasteiger partial charge in [-0.3, -0.25) is 9.69 Å². The number of amides is 1. The Morgan fingerprint density at radius 1 is 1.40 bits per heavy atom. The molecule has 132 valence electrons. The van der Waals surface area contributed by atoms with Crippen LogP contribution in [0.15, 0.2) is 36.2 Å². The van der Waals surface area contributed by atoms with Crippen LogP contribution < -0.4 is 5.73 Å². The first-order valence-electron chi connectivity index (χ1n) is 8.43. The van der Waals surface area contributed by atoms with Crippen molar-refractivity contribution < 1.29 is 9.90 Å². The van der Waals surface area contributed by atoms with Crippen molar-refractivity contribution in [2.45, 2.75) is 31.8 Å². The second kappa shape index (κ2) is 7.13. The maximum absolute atomic E-state index is 12.2. The zero-order chi connectivity index (χ0) is 18.0. The third kappa shape index (κ3) is 3.45. The van der Waals surface area contributed by atoms with Crippen LogP contribution in [0.25, 0.3) is 0 Å². The highest BCUT2D eigenvalue weighted by Gasteiger charge is 2.34. The van der Waals surface area contributed by atoms with E-state index in [9.17, 15) is 15.2 Å². The van der Waals surface area contributed by atoms with Crippen LogP contribution in [-0.2, 0) is 11.3 Å². The third-order valence-electron chi connectivity index (χ3n) is 4.78. The van der Waals surface area contributed by atoms with E-state index >= 15 is 0 Å². The second-order valence-corrected chi connectivity index (χ2v) is 6.54. The van der Waals surface area contributed by atoms with Crippen LogP contribution in [0.2, 0.25) is 0 Å². The molecule has 1 unspecified atom stereocenters. The predicted molar refractivity (Wildman–Crippen MR) is 92.3 cm³/mol. The quantitative estimate of drug-likeness (QED) is 0.825. The molecule has 0 spiro atoms. The number of piperidine rings is 1. The fourth-order valence-corrected chi connectivity index (χ4v) is 3.34. The van der Waals surface area contributed by atoms with E-state index in [0.29, 0.717) is 24.5 Å². The summed E-state index contributed by atoms with van der Waals surface area (Å²) in [5, 5.41) is 20.0. The van der Waals surface area contributed by atoms with Crippen LogP contribution in [0, 0.1) is 11.3 Å². The minimum Gasteiger partial charge on any atom is -0.356 e. The summed E-state index contributed by atoms with van der Waals surface area (Å²) < 4.78 is 0. The van der Waals surface area contributed by atoms with E-state index in [1.807, 2.05) is 18.2 Å². The number of aliphatic hydroxyl groups excluding tert-OH is 1. The summed E-state index contributed by atoms with van der Waals surface area (Å²) in [7, 11) is 1.56. The summed E-state index contributed by atoms with van der Waals surface area (Å²) in [5.74, 6) is 0.421. The lowest BCUT2D eigenvalue weighted by atomic mass is 10.1. The van der Waals surface area contributed by atoms with Gasteiger partial charge in [-0.25, -0.2) is 0 Å². The van der Waals surface area contributed by atoms with Crippen LogP contribution >= 0.6 is 0 Å². The van der Waals surface area contributed by atoms with Crippen LogP contribution in [0.1, 0.15) is 24.0 Å². The molecule has 0 aromatic heterocycles. The number of hydrogen-bond donors (Lipinski definition) is 2. The van der Waals surface area contributed by atoms with E-state index in [1.165, 1.54) is 4.90 Å². The number of benzene rings is 1. The Morgan fingerprint density at radius 3 is 2.88 bits per heavy atom. The minimum absolute atomic E-state index is 0.0507. The SMILES string of the molecule is CN1C(=O)C=C(N2CCC[C@@H](N)C2)N(Cc2ccccc2C#N)C1O. The molecule has 2 aliphatic rings. The van der Waals surface area contributed by atoms with Crippen molar-refractivity contribution in [2.24, 2.45) is 5.73 Å². The topological polar surface area (TPSA) is 96.8 Å². The number of nitrogens with two attached hydrogens (primary N) is 1. The number of likely N-dealkylation sites (tertiary alicyclic amines) is 1. The maximum atomic E-state index is 12.2. The van der Waals surface area contributed by atoms with Gasteiger partial charge in [0.1, 0.15) is 5.82 Å². The maximum Gasteiger partial charge on any atom is 0.253 e. The van der Waals surface area contributed by atoms with Gasteiger partial charge in [0.15, 0.2) is 0 Å². The third-order valence-corrected chi connectivity index (χ3v) is 4.78. The fourth-order valence-electron chi connectivity index (χ4n) is 3.34. The van der Waals surface area contributed by atoms with Crippen LogP contribution in [0.3, 0.4) is 0 Å². The van der Waals surface area contributed by atoms with E-state index in [2.05, 4.69) is 11.0 Å². The molecule has 3 rings (SSSR count). The molecule has 7 nitrogen and oxygen atoms in total. The van der Waals surface area contributed by atoms with Crippen molar-refractivity contribution in [3.63, 3.8) is 0 Å². The summed E-state index contributed by atoms with van der Waals surface area (Å²) in [4.78, 5) is 17.3. The van der Waals surface area contributed by atoms with Gasteiger partial charge in [-0.15, -0.1) is 0 Å². The van der Waals surface area contributed by atoms with Gasteiger partial charge >= 0.3 is 0 Å². The molecule has 0 aliphatic carbocycles. The van der Waals surface area contributed by atoms with Crippen LogP contribution in [-0.4, -0.2) is 58.2 Å². The largest absolute Gasteiger partial charge is 0.356 e. The first-order valence-corrected chi connectivity index (χ1v) is 8.43. The monoisotopic (exact) mass is 341 g/mol. The lowest BCUT2D eigenvalue weighted by Gasteiger charge is -2.45. The van der Waals surface area contributed by atoms with E-state index in [0.717, 1.165) is 24.9 Å². The summed E-state index contributed by atoms with van der Waals surface area (Å²) in [6.45, 7) is 1.77. The number of rotatable bonds is 3. The molecular formula is C18H23N5O2. The number of carbonyl (C=O) groups excluding carboxylic acids is 1. The molecule has 0 saturated carbocycles. The summed E-state index contributed by atoms with van der Waals surface area (Å²) in [6, 6.07) is 9.52. The molecule has 2 aliphatic heterocycles. The molecule has 3 N–H and O–H groups in total. The Balaban J connectivity index is 1.94. The predicted octanol–water partition coefficient (Wildman–Crippen LogP) is 0.373. The molecule has 1 fully saturated rings. The molecular weight excluding hydrogens is 318 g/mol. The van der Waals surface area contributed by atoms with Crippen LogP contribution in [0.5, 0.6) is 0 Å². The Hall–Kier alpha value is -2.56. The molecule has 1 aromatic carbocycles. The lowest BCUT2D eigenvalue weighted by molar-refractivity contribution is -0.155. The van der Waals surface area contributed by atoms with Gasteiger partial charge in [-0.05, 0) is 24.5 Å². The Kier molecular flexibility index (Phi) is 4.93. The summed E-state index contributed by atoms with van der Waals surface area (Å²) in [5.41, 5.74) is 7.45. The molecule has 1 amide bonds. The van der Waals surface area contributed by atoms with Gasteiger partial charge < -0.3 is 20.6 Å². The van der Waals surface area contributed by atoms with Crippen molar-refractivity contribution in [3.8, 4) is 6.07 Å². The number of carbonyl (C=O) groups is 1. The normalized spacial score (nSPS) is 24.2. The Labute approximate surface area is 147 Å². The zero-order valence-electron chi connectivity index (χ0n) is 14.3. The number of nitrogens with zero attached hydrogens (tertiary/aromatic N) is 4. The van der Waals surface area contributed by atoms with E-state index in [4.69, 9.17) is 5.73 Å². The first-order chi connectivity index (χ1) is 12.0. The van der Waals surface area contributed by atoms with E-state index < -0.39 is 6.35 Å². The lowest BCUT2D eigenvalue weighted by Crippen LogP contribution is -2.56. The van der Waals surface area contributed by atoms with Gasteiger partial charge in [0.2, 0.25) is 6.35 Å². The molecule has 0 bridgehead atoms. The Bertz CT molecular complexity index is 726. The van der Waals surface area contributed by atoms with Gasteiger partial charge in [-0.1, -0.05) is 18.2 Å². The highest BCUT2D eigenvalue weighted by molar-refractivity contribution is 5.88. The van der Waals surface area contributed by atoms with Gasteiger partial charge in [0.05, 0.1) is 11.6 Å². The van der Waals surface area contributed by atoms with Gasteiger partial charge in [0, 0.05) is 38.8 Å². The highest BCUT2D eigenvalue weighted by Crippen LogP contribution is 2.26. The van der Waals surface area contributed by atoms with E-state index in [-0.39, 0.29) is 11.9 Å². The fraction of sp³-hybridized carbons (Fsp3) is 0.444. The van der Waals surface area contributed by atoms with Crippen LogP contribution in [0.4, 0.5) is 0 Å². The average molecular weight is 341 g/mol. The van der Waals surface area contributed by atoms with Crippen molar-refractivity contribution in [1.82, 2.24) is 14.7 Å². The number of likely N-dealkylation sites (N-methyl/N-ethyl adjacent to an activating group) is 1. The molecule has 7 heteroatoms. The van der Waals surface area contributed by atoms with Crippen molar-refractivity contribution in [1.29, 1.82) is 5.26 Å².